The largest absolute Gasteiger partial charge is 0.350 e. The number of likely N-dealkylation sites (tertiary alicyclic amines) is 1. The van der Waals surface area contributed by atoms with Gasteiger partial charge in [0.2, 0.25) is 0 Å². The van der Waals surface area contributed by atoms with Crippen molar-refractivity contribution in [3.8, 4) is 10.4 Å². The van der Waals surface area contributed by atoms with Crippen molar-refractivity contribution in [1.29, 1.82) is 0 Å². The molecule has 1 aromatic carbocycles. The number of amides is 2. The van der Waals surface area contributed by atoms with Crippen LogP contribution in [-0.2, 0) is 0 Å². The molecular formula is C27H30N4O2S. The van der Waals surface area contributed by atoms with Crippen LogP contribution in [0.25, 0.3) is 10.4 Å². The zero-order valence-electron chi connectivity index (χ0n) is 19.7. The van der Waals surface area contributed by atoms with Crippen LogP contribution in [0.3, 0.4) is 0 Å². The molecule has 2 aromatic heterocycles. The summed E-state index contributed by atoms with van der Waals surface area (Å²) in [5, 5.41) is 4.12. The lowest BCUT2D eigenvalue weighted by atomic mass is 10.0. The fourth-order valence-electron chi connectivity index (χ4n) is 4.59. The van der Waals surface area contributed by atoms with E-state index in [-0.39, 0.29) is 17.9 Å². The third-order valence-corrected chi connectivity index (χ3v) is 7.99. The molecule has 3 aromatic rings. The summed E-state index contributed by atoms with van der Waals surface area (Å²) >= 11 is 1.67. The molecule has 1 N–H and O–H groups in total. The number of aromatic nitrogens is 2. The lowest BCUT2D eigenvalue weighted by molar-refractivity contribution is 0.0598. The monoisotopic (exact) mass is 474 g/mol. The van der Waals surface area contributed by atoms with E-state index in [1.807, 2.05) is 24.0 Å². The SMILES string of the molecule is Cc1cccc(-c2sc(C3CC3)nc2C(=O)N2CCCCC2CNC(=O)c2cnccc2C)c1. The van der Waals surface area contributed by atoms with E-state index in [9.17, 15) is 9.59 Å². The molecule has 2 fully saturated rings. The van der Waals surface area contributed by atoms with Gasteiger partial charge in [-0.2, -0.15) is 0 Å². The molecule has 3 heterocycles. The Morgan fingerprint density at radius 2 is 2.00 bits per heavy atom. The van der Waals surface area contributed by atoms with Gasteiger partial charge < -0.3 is 10.2 Å². The molecule has 1 aliphatic carbocycles. The highest BCUT2D eigenvalue weighted by atomic mass is 32.1. The summed E-state index contributed by atoms with van der Waals surface area (Å²) < 4.78 is 0. The number of rotatable bonds is 6. The highest BCUT2D eigenvalue weighted by Gasteiger charge is 2.34. The Morgan fingerprint density at radius 1 is 1.15 bits per heavy atom. The van der Waals surface area contributed by atoms with Crippen LogP contribution in [-0.4, -0.2) is 45.8 Å². The van der Waals surface area contributed by atoms with Crippen molar-refractivity contribution < 1.29 is 9.59 Å². The topological polar surface area (TPSA) is 75.2 Å². The predicted molar refractivity (Wildman–Crippen MR) is 134 cm³/mol. The van der Waals surface area contributed by atoms with Gasteiger partial charge in [0.25, 0.3) is 11.8 Å². The van der Waals surface area contributed by atoms with E-state index in [0.29, 0.717) is 30.3 Å². The van der Waals surface area contributed by atoms with E-state index < -0.39 is 0 Å². The minimum atomic E-state index is -0.145. The first-order valence-electron chi connectivity index (χ1n) is 12.1. The second-order valence-corrected chi connectivity index (χ2v) is 10.5. The molecule has 1 saturated heterocycles. The molecule has 34 heavy (non-hydrogen) atoms. The Bertz CT molecular complexity index is 1220. The van der Waals surface area contributed by atoms with Gasteiger partial charge in [-0.25, -0.2) is 4.98 Å². The fraction of sp³-hybridized carbons (Fsp3) is 0.407. The van der Waals surface area contributed by atoms with Crippen LogP contribution in [0.5, 0.6) is 0 Å². The van der Waals surface area contributed by atoms with Gasteiger partial charge >= 0.3 is 0 Å². The van der Waals surface area contributed by atoms with Crippen molar-refractivity contribution in [3.63, 3.8) is 0 Å². The first-order chi connectivity index (χ1) is 16.5. The maximum atomic E-state index is 13.9. The second-order valence-electron chi connectivity index (χ2n) is 9.42. The molecule has 2 aliphatic rings. The number of piperidine rings is 1. The molecule has 0 radical (unpaired) electrons. The second kappa shape index (κ2) is 9.66. The van der Waals surface area contributed by atoms with E-state index in [2.05, 4.69) is 35.4 Å². The van der Waals surface area contributed by atoms with Gasteiger partial charge in [-0.1, -0.05) is 29.8 Å². The summed E-state index contributed by atoms with van der Waals surface area (Å²) in [6.45, 7) is 5.09. The first-order valence-corrected chi connectivity index (χ1v) is 12.9. The van der Waals surface area contributed by atoms with Crippen LogP contribution in [0.4, 0.5) is 0 Å². The van der Waals surface area contributed by atoms with Crippen molar-refractivity contribution in [1.82, 2.24) is 20.2 Å². The molecule has 1 atom stereocenters. The number of thiazole rings is 1. The van der Waals surface area contributed by atoms with E-state index in [1.165, 1.54) is 5.56 Å². The lowest BCUT2D eigenvalue weighted by Gasteiger charge is -2.35. The summed E-state index contributed by atoms with van der Waals surface area (Å²) in [5.74, 6) is 0.333. The van der Waals surface area contributed by atoms with Crippen LogP contribution in [0, 0.1) is 13.8 Å². The van der Waals surface area contributed by atoms with Crippen molar-refractivity contribution >= 4 is 23.2 Å². The fourth-order valence-corrected chi connectivity index (χ4v) is 5.81. The van der Waals surface area contributed by atoms with E-state index in [4.69, 9.17) is 4.98 Å². The van der Waals surface area contributed by atoms with Crippen molar-refractivity contribution in [3.05, 3.63) is 70.1 Å². The molecule has 0 spiro atoms. The minimum absolute atomic E-state index is 0.0174. The number of nitrogens with one attached hydrogen (secondary N) is 1. The van der Waals surface area contributed by atoms with Gasteiger partial charge in [0.15, 0.2) is 0 Å². The van der Waals surface area contributed by atoms with Crippen molar-refractivity contribution in [2.75, 3.05) is 13.1 Å². The summed E-state index contributed by atoms with van der Waals surface area (Å²) in [6, 6.07) is 10.1. The van der Waals surface area contributed by atoms with Gasteiger partial charge in [0.1, 0.15) is 5.69 Å². The molecular weight excluding hydrogens is 444 g/mol. The standard InChI is InChI=1S/C27H30N4O2S/c1-17-6-5-7-20(14-17)24-23(30-26(34-24)19-9-10-19)27(33)31-13-4-3-8-21(31)15-29-25(32)22-16-28-12-11-18(22)2/h5-7,11-12,14,16,19,21H,3-4,8-10,13,15H2,1-2H3,(H,29,32). The van der Waals surface area contributed by atoms with E-state index in [1.54, 1.807) is 23.7 Å². The summed E-state index contributed by atoms with van der Waals surface area (Å²) in [4.78, 5) is 38.5. The Hall–Kier alpha value is -3.06. The average molecular weight is 475 g/mol. The number of pyridine rings is 1. The highest BCUT2D eigenvalue weighted by Crippen LogP contribution is 2.45. The molecule has 2 amide bonds. The molecule has 0 bridgehead atoms. The minimum Gasteiger partial charge on any atom is -0.350 e. The van der Waals surface area contributed by atoms with Crippen molar-refractivity contribution in [2.45, 2.75) is 57.9 Å². The highest BCUT2D eigenvalue weighted by molar-refractivity contribution is 7.15. The number of benzene rings is 1. The van der Waals surface area contributed by atoms with Gasteiger partial charge in [0.05, 0.1) is 15.4 Å². The summed E-state index contributed by atoms with van der Waals surface area (Å²) in [6.07, 6.45) is 8.47. The van der Waals surface area contributed by atoms with Crippen LogP contribution >= 0.6 is 11.3 Å². The van der Waals surface area contributed by atoms with Gasteiger partial charge in [0, 0.05) is 37.4 Å². The number of nitrogens with zero attached hydrogens (tertiary/aromatic N) is 3. The smallest absolute Gasteiger partial charge is 0.274 e. The Kier molecular flexibility index (Phi) is 6.46. The zero-order valence-corrected chi connectivity index (χ0v) is 20.5. The summed E-state index contributed by atoms with van der Waals surface area (Å²) in [5.41, 5.74) is 4.26. The van der Waals surface area contributed by atoms with Gasteiger partial charge in [-0.05, 0) is 63.1 Å². The quantitative estimate of drug-likeness (QED) is 0.538. The normalized spacial score (nSPS) is 18.1. The lowest BCUT2D eigenvalue weighted by Crippen LogP contribution is -2.49. The molecule has 1 aliphatic heterocycles. The zero-order chi connectivity index (χ0) is 23.7. The van der Waals surface area contributed by atoms with Gasteiger partial charge in [-0.3, -0.25) is 14.6 Å². The third kappa shape index (κ3) is 4.75. The number of aryl methyl sites for hydroxylation is 2. The predicted octanol–water partition coefficient (Wildman–Crippen LogP) is 5.12. The number of carbonyl (C=O) groups is 2. The third-order valence-electron chi connectivity index (χ3n) is 6.72. The number of hydrogen-bond donors (Lipinski definition) is 1. The van der Waals surface area contributed by atoms with Crippen molar-refractivity contribution in [2.24, 2.45) is 0 Å². The van der Waals surface area contributed by atoms with E-state index in [0.717, 1.165) is 53.1 Å². The maximum absolute atomic E-state index is 13.9. The number of hydrogen-bond acceptors (Lipinski definition) is 5. The first kappa shape index (κ1) is 22.7. The van der Waals surface area contributed by atoms with Crippen LogP contribution in [0.2, 0.25) is 0 Å². The molecule has 1 saturated carbocycles. The average Bonchev–Trinajstić information content (AvgIpc) is 3.61. The van der Waals surface area contributed by atoms with Crippen LogP contribution in [0.1, 0.15) is 75.0 Å². The molecule has 6 nitrogen and oxygen atoms in total. The van der Waals surface area contributed by atoms with Crippen LogP contribution < -0.4 is 5.32 Å². The molecule has 5 rings (SSSR count). The molecule has 7 heteroatoms. The Morgan fingerprint density at radius 3 is 2.76 bits per heavy atom. The Labute approximate surface area is 204 Å². The maximum Gasteiger partial charge on any atom is 0.274 e. The molecule has 1 unspecified atom stereocenters. The van der Waals surface area contributed by atoms with Crippen LogP contribution in [0.15, 0.2) is 42.7 Å². The number of carbonyl (C=O) groups excluding carboxylic acids is 2. The van der Waals surface area contributed by atoms with Gasteiger partial charge in [-0.15, -0.1) is 11.3 Å². The summed E-state index contributed by atoms with van der Waals surface area (Å²) in [7, 11) is 0. The molecule has 176 valence electrons. The van der Waals surface area contributed by atoms with E-state index >= 15 is 0 Å². The Balaban J connectivity index is 1.38.